The zero-order valence-corrected chi connectivity index (χ0v) is 26.5. The standard InChI is InChI=1S/C29H31N8O10P/c1-30-28(39)19-14-37(15-46-29(40)17-10-11-22(23(12-17)44-3)47-48(41,42)43)24(32-27(38)16-8-9-16)13-21(19)31-20-7-5-6-18(25(20)45-4)26-33-35-36(2)34-26/h5-7,10-14,16,31H,8-9,15H2,1-4H3,(H,30,39)(H2,41,42,43)/b32-24+/i1D3. The van der Waals surface area contributed by atoms with Gasteiger partial charge in [0.2, 0.25) is 5.82 Å². The third-order valence-electron chi connectivity index (χ3n) is 6.84. The molecule has 19 heteroatoms. The molecule has 2 aromatic heterocycles. The van der Waals surface area contributed by atoms with Crippen LogP contribution in [0, 0.1) is 5.92 Å². The maximum atomic E-state index is 13.4. The third-order valence-corrected chi connectivity index (χ3v) is 7.28. The smallest absolute Gasteiger partial charge is 0.494 e. The second-order valence-electron chi connectivity index (χ2n) is 10.2. The average Bonchev–Trinajstić information content (AvgIpc) is 3.82. The lowest BCUT2D eigenvalue weighted by molar-refractivity contribution is -0.119. The normalized spacial score (nSPS) is 14.3. The summed E-state index contributed by atoms with van der Waals surface area (Å²) in [4.78, 5) is 63.1. The molecule has 1 aliphatic rings. The van der Waals surface area contributed by atoms with Gasteiger partial charge in [0, 0.05) is 29.3 Å². The lowest BCUT2D eigenvalue weighted by atomic mass is 10.1. The van der Waals surface area contributed by atoms with E-state index in [1.807, 2.05) is 5.32 Å². The number of hydrogen-bond acceptors (Lipinski definition) is 12. The fourth-order valence-corrected chi connectivity index (χ4v) is 4.85. The highest BCUT2D eigenvalue weighted by Gasteiger charge is 2.29. The van der Waals surface area contributed by atoms with Crippen LogP contribution in [0.3, 0.4) is 0 Å². The molecule has 1 saturated carbocycles. The van der Waals surface area contributed by atoms with Crippen molar-refractivity contribution in [3.8, 4) is 28.6 Å². The van der Waals surface area contributed by atoms with Crippen molar-refractivity contribution in [2.45, 2.75) is 19.6 Å². The SMILES string of the molecule is [2H]C([2H])([2H])NC(=O)c1cn(COC(=O)c2ccc(OP(=O)(O)O)c(OC)c2)/c(=N/C(=O)C2CC2)cc1Nc1cccc(-c2nnn(C)n2)c1OC. The highest BCUT2D eigenvalue weighted by atomic mass is 31.2. The molecule has 0 saturated heterocycles. The van der Waals surface area contributed by atoms with Crippen molar-refractivity contribution in [3.05, 3.63) is 65.3 Å². The number of nitrogens with zero attached hydrogens (tertiary/aromatic N) is 6. The number of phosphoric acid groups is 1. The minimum absolute atomic E-state index is 0.00890. The van der Waals surface area contributed by atoms with Crippen molar-refractivity contribution in [1.29, 1.82) is 0 Å². The predicted molar refractivity (Wildman–Crippen MR) is 166 cm³/mol. The first kappa shape index (κ1) is 29.8. The summed E-state index contributed by atoms with van der Waals surface area (Å²) in [6, 6.07) is 9.65. The molecule has 0 radical (unpaired) electrons. The molecule has 1 aliphatic carbocycles. The molecule has 252 valence electrons. The summed E-state index contributed by atoms with van der Waals surface area (Å²) in [6.45, 7) is -3.51. The second kappa shape index (κ2) is 14.0. The summed E-state index contributed by atoms with van der Waals surface area (Å²) < 4.78 is 56.0. The van der Waals surface area contributed by atoms with E-state index in [1.54, 1.807) is 25.2 Å². The number of aromatic nitrogens is 5. The van der Waals surface area contributed by atoms with E-state index in [9.17, 15) is 18.9 Å². The molecule has 2 heterocycles. The topological polar surface area (TPSA) is 231 Å². The zero-order valence-electron chi connectivity index (χ0n) is 28.6. The Bertz CT molecular complexity index is 2110. The first-order valence-electron chi connectivity index (χ1n) is 15.5. The van der Waals surface area contributed by atoms with E-state index in [0.29, 0.717) is 24.1 Å². The number of phosphoric ester groups is 1. The van der Waals surface area contributed by atoms with Gasteiger partial charge in [0.25, 0.3) is 11.8 Å². The van der Waals surface area contributed by atoms with Gasteiger partial charge in [-0.15, -0.1) is 10.2 Å². The zero-order chi connectivity index (χ0) is 37.1. The fraction of sp³-hybridized carbons (Fsp3) is 0.276. The maximum Gasteiger partial charge on any atom is 0.524 e. The summed E-state index contributed by atoms with van der Waals surface area (Å²) in [6.07, 6.45) is 2.42. The number of carbonyl (C=O) groups excluding carboxylic acids is 3. The molecular weight excluding hydrogens is 651 g/mol. The van der Waals surface area contributed by atoms with Gasteiger partial charge in [0.1, 0.15) is 5.49 Å². The molecule has 0 spiro atoms. The number of tetrazole rings is 1. The molecule has 2 amide bonds. The van der Waals surface area contributed by atoms with Crippen LogP contribution in [-0.2, 0) is 27.9 Å². The lowest BCUT2D eigenvalue weighted by Gasteiger charge is -2.18. The number of nitrogens with one attached hydrogen (secondary N) is 2. The summed E-state index contributed by atoms with van der Waals surface area (Å²) in [5, 5.41) is 17.1. The van der Waals surface area contributed by atoms with Crippen molar-refractivity contribution >= 4 is 37.0 Å². The Balaban J connectivity index is 1.55. The largest absolute Gasteiger partial charge is 0.524 e. The Hall–Kier alpha value is -5.58. The second-order valence-corrected chi connectivity index (χ2v) is 11.4. The molecule has 5 rings (SSSR count). The van der Waals surface area contributed by atoms with Crippen LogP contribution in [-0.4, -0.2) is 73.5 Å². The summed E-state index contributed by atoms with van der Waals surface area (Å²) >= 11 is 0. The number of para-hydroxylation sites is 1. The summed E-state index contributed by atoms with van der Waals surface area (Å²) in [5.74, 6) is -2.80. The van der Waals surface area contributed by atoms with Gasteiger partial charge < -0.3 is 29.4 Å². The van der Waals surface area contributed by atoms with Gasteiger partial charge in [-0.2, -0.15) is 9.79 Å². The number of hydrogen-bond donors (Lipinski definition) is 4. The molecule has 48 heavy (non-hydrogen) atoms. The minimum Gasteiger partial charge on any atom is -0.494 e. The van der Waals surface area contributed by atoms with E-state index < -0.39 is 39.3 Å². The first-order chi connectivity index (χ1) is 24.0. The van der Waals surface area contributed by atoms with E-state index in [-0.39, 0.29) is 51.3 Å². The monoisotopic (exact) mass is 685 g/mol. The first-order valence-corrected chi connectivity index (χ1v) is 15.5. The highest BCUT2D eigenvalue weighted by molar-refractivity contribution is 7.46. The van der Waals surface area contributed by atoms with E-state index in [1.165, 1.54) is 31.1 Å². The number of rotatable bonds is 12. The minimum atomic E-state index is -4.94. The van der Waals surface area contributed by atoms with E-state index >= 15 is 0 Å². The van der Waals surface area contributed by atoms with Crippen molar-refractivity contribution in [2.24, 2.45) is 18.0 Å². The molecule has 4 aromatic rings. The van der Waals surface area contributed by atoms with E-state index in [4.69, 9.17) is 28.1 Å². The van der Waals surface area contributed by atoms with Crippen molar-refractivity contribution in [2.75, 3.05) is 26.5 Å². The number of amides is 2. The molecule has 4 N–H and O–H groups in total. The van der Waals surface area contributed by atoms with Crippen molar-refractivity contribution < 1.29 is 51.6 Å². The molecule has 0 aliphatic heterocycles. The number of anilines is 2. The number of aryl methyl sites for hydroxylation is 1. The van der Waals surface area contributed by atoms with Gasteiger partial charge in [0.05, 0.1) is 49.3 Å². The van der Waals surface area contributed by atoms with Crippen LogP contribution in [0.1, 0.15) is 37.7 Å². The average molecular weight is 686 g/mol. The van der Waals surface area contributed by atoms with Crippen LogP contribution in [0.15, 0.2) is 53.7 Å². The van der Waals surface area contributed by atoms with Gasteiger partial charge in [-0.1, -0.05) is 6.07 Å². The van der Waals surface area contributed by atoms with Gasteiger partial charge >= 0.3 is 13.8 Å². The van der Waals surface area contributed by atoms with E-state index in [2.05, 4.69) is 30.2 Å². The summed E-state index contributed by atoms with van der Waals surface area (Å²) in [5.41, 5.74) is 0.339. The Morgan fingerprint density at radius 1 is 1.10 bits per heavy atom. The molecule has 2 aromatic carbocycles. The predicted octanol–water partition coefficient (Wildman–Crippen LogP) is 1.92. The number of esters is 1. The molecule has 0 atom stereocenters. The molecule has 1 fully saturated rings. The Labute approximate surface area is 276 Å². The van der Waals surface area contributed by atoms with Crippen LogP contribution in [0.4, 0.5) is 11.4 Å². The number of carbonyl (C=O) groups is 3. The maximum absolute atomic E-state index is 13.4. The molecular formula is C29H31N8O10P. The molecule has 0 unspecified atom stereocenters. The van der Waals surface area contributed by atoms with E-state index in [0.717, 1.165) is 22.9 Å². The van der Waals surface area contributed by atoms with Gasteiger partial charge in [0.15, 0.2) is 24.0 Å². The van der Waals surface area contributed by atoms with Crippen molar-refractivity contribution in [1.82, 2.24) is 30.1 Å². The molecule has 18 nitrogen and oxygen atoms in total. The Kier molecular flexibility index (Phi) is 8.72. The Morgan fingerprint density at radius 3 is 2.54 bits per heavy atom. The molecule has 0 bridgehead atoms. The lowest BCUT2D eigenvalue weighted by Crippen LogP contribution is -2.29. The van der Waals surface area contributed by atoms with Crippen LogP contribution in [0.5, 0.6) is 17.2 Å². The van der Waals surface area contributed by atoms with Gasteiger partial charge in [-0.3, -0.25) is 23.9 Å². The fourth-order valence-electron chi connectivity index (χ4n) is 4.45. The van der Waals surface area contributed by atoms with Crippen LogP contribution < -0.4 is 30.1 Å². The van der Waals surface area contributed by atoms with Crippen molar-refractivity contribution in [3.63, 3.8) is 0 Å². The number of methoxy groups -OCH3 is 2. The number of benzene rings is 2. The third kappa shape index (κ3) is 7.86. The summed E-state index contributed by atoms with van der Waals surface area (Å²) in [7, 11) is -0.760. The Morgan fingerprint density at radius 2 is 1.90 bits per heavy atom. The van der Waals surface area contributed by atoms with Crippen LogP contribution in [0.2, 0.25) is 0 Å². The van der Waals surface area contributed by atoms with Gasteiger partial charge in [-0.05, 0) is 48.4 Å². The number of ether oxygens (including phenoxy) is 3. The number of pyridine rings is 1. The van der Waals surface area contributed by atoms with Crippen LogP contribution in [0.25, 0.3) is 11.4 Å². The quantitative estimate of drug-likeness (QED) is 0.123. The highest BCUT2D eigenvalue weighted by Crippen LogP contribution is 2.42. The van der Waals surface area contributed by atoms with Crippen LogP contribution >= 0.6 is 7.82 Å². The van der Waals surface area contributed by atoms with Gasteiger partial charge in [-0.25, -0.2) is 9.36 Å².